The van der Waals surface area contributed by atoms with Crippen LogP contribution in [0.25, 0.3) is 0 Å². The maximum absolute atomic E-state index is 12.8. The zero-order valence-corrected chi connectivity index (χ0v) is 16.4. The summed E-state index contributed by atoms with van der Waals surface area (Å²) in [7, 11) is 1.86. The van der Waals surface area contributed by atoms with Gasteiger partial charge in [-0.3, -0.25) is 10.00 Å². The van der Waals surface area contributed by atoms with Crippen LogP contribution in [-0.2, 0) is 7.05 Å². The van der Waals surface area contributed by atoms with Crippen LogP contribution in [0.1, 0.15) is 37.9 Å². The zero-order chi connectivity index (χ0) is 18.8. The van der Waals surface area contributed by atoms with Crippen LogP contribution in [0.2, 0.25) is 0 Å². The molecule has 2 aromatic rings. The van der Waals surface area contributed by atoms with E-state index in [1.54, 1.807) is 4.68 Å². The van der Waals surface area contributed by atoms with Gasteiger partial charge in [0, 0.05) is 44.5 Å². The van der Waals surface area contributed by atoms with Crippen LogP contribution in [0.4, 0.5) is 16.3 Å². The summed E-state index contributed by atoms with van der Waals surface area (Å²) in [5, 5.41) is 7.48. The van der Waals surface area contributed by atoms with E-state index in [-0.39, 0.29) is 12.1 Å². The van der Waals surface area contributed by atoms with Crippen molar-refractivity contribution in [2.75, 3.05) is 29.9 Å². The van der Waals surface area contributed by atoms with E-state index in [9.17, 15) is 4.79 Å². The third-order valence-corrected chi connectivity index (χ3v) is 5.01. The number of hydrogen-bond donors (Lipinski definition) is 1. The van der Waals surface area contributed by atoms with Crippen LogP contribution in [0.15, 0.2) is 30.3 Å². The normalized spacial score (nSPS) is 17.7. The topological polar surface area (TPSA) is 53.4 Å². The second-order valence-corrected chi connectivity index (χ2v) is 7.49. The number of benzene rings is 1. The van der Waals surface area contributed by atoms with Gasteiger partial charge in [-0.1, -0.05) is 31.5 Å². The first-order valence-electron chi connectivity index (χ1n) is 9.28. The molecule has 140 valence electrons. The number of anilines is 2. The van der Waals surface area contributed by atoms with Crippen LogP contribution in [0, 0.1) is 6.92 Å². The molecule has 1 aliphatic heterocycles. The van der Waals surface area contributed by atoms with Gasteiger partial charge in [0.15, 0.2) is 0 Å². The van der Waals surface area contributed by atoms with E-state index in [4.69, 9.17) is 0 Å². The third-order valence-electron chi connectivity index (χ3n) is 5.01. The lowest BCUT2D eigenvalue weighted by Crippen LogP contribution is -2.55. The third kappa shape index (κ3) is 3.84. The van der Waals surface area contributed by atoms with Gasteiger partial charge in [-0.15, -0.1) is 0 Å². The molecule has 6 nitrogen and oxygen atoms in total. The molecule has 0 spiro atoms. The molecular weight excluding hydrogens is 326 g/mol. The molecule has 2 amide bonds. The summed E-state index contributed by atoms with van der Waals surface area (Å²) in [6.07, 6.45) is 0. The summed E-state index contributed by atoms with van der Waals surface area (Å²) in [6, 6.07) is 10.6. The molecule has 26 heavy (non-hydrogen) atoms. The SMILES string of the molecule is Cc1ccc(N2CCN(C(=O)Nc3cc(C(C)C)nn3C)C(C)C2)cc1. The summed E-state index contributed by atoms with van der Waals surface area (Å²) in [5.41, 5.74) is 3.47. The molecule has 1 saturated heterocycles. The lowest BCUT2D eigenvalue weighted by Gasteiger charge is -2.40. The fraction of sp³-hybridized carbons (Fsp3) is 0.500. The average Bonchev–Trinajstić information content (AvgIpc) is 2.96. The number of carbonyl (C=O) groups is 1. The van der Waals surface area contributed by atoms with Gasteiger partial charge in [-0.25, -0.2) is 4.79 Å². The van der Waals surface area contributed by atoms with E-state index in [1.165, 1.54) is 11.3 Å². The number of nitrogens with zero attached hydrogens (tertiary/aromatic N) is 4. The molecule has 1 fully saturated rings. The predicted octanol–water partition coefficient (Wildman–Crippen LogP) is 3.59. The van der Waals surface area contributed by atoms with E-state index in [1.807, 2.05) is 18.0 Å². The minimum absolute atomic E-state index is 0.0561. The van der Waals surface area contributed by atoms with Crippen LogP contribution in [-0.4, -0.2) is 46.4 Å². The molecule has 2 heterocycles. The van der Waals surface area contributed by atoms with Crippen LogP contribution >= 0.6 is 0 Å². The predicted molar refractivity (Wildman–Crippen MR) is 106 cm³/mol. The molecule has 1 aromatic heterocycles. The van der Waals surface area contributed by atoms with E-state index >= 15 is 0 Å². The van der Waals surface area contributed by atoms with Crippen LogP contribution in [0.5, 0.6) is 0 Å². The Morgan fingerprint density at radius 1 is 1.23 bits per heavy atom. The number of piperazine rings is 1. The van der Waals surface area contributed by atoms with Gasteiger partial charge in [0.2, 0.25) is 0 Å². The molecule has 1 aromatic carbocycles. The lowest BCUT2D eigenvalue weighted by atomic mass is 10.1. The number of urea groups is 1. The number of rotatable bonds is 3. The Morgan fingerprint density at radius 2 is 1.92 bits per heavy atom. The molecule has 0 radical (unpaired) electrons. The minimum atomic E-state index is -0.0561. The highest BCUT2D eigenvalue weighted by Crippen LogP contribution is 2.21. The number of amides is 2. The van der Waals surface area contributed by atoms with Gasteiger partial charge in [0.25, 0.3) is 0 Å². The molecule has 6 heteroatoms. The second-order valence-electron chi connectivity index (χ2n) is 7.49. The standard InChI is InChI=1S/C20H29N5O/c1-14(2)18-12-19(23(5)22-18)21-20(26)25-11-10-24(13-16(25)4)17-8-6-15(3)7-9-17/h6-9,12,14,16H,10-11,13H2,1-5H3,(H,21,26). The van der Waals surface area contributed by atoms with E-state index in [2.05, 4.69) is 67.3 Å². The quantitative estimate of drug-likeness (QED) is 0.915. The lowest BCUT2D eigenvalue weighted by molar-refractivity contribution is 0.184. The number of aromatic nitrogens is 2. The highest BCUT2D eigenvalue weighted by molar-refractivity contribution is 5.89. The average molecular weight is 355 g/mol. The van der Waals surface area contributed by atoms with Gasteiger partial charge in [-0.2, -0.15) is 5.10 Å². The molecule has 1 atom stereocenters. The van der Waals surface area contributed by atoms with Gasteiger partial charge in [0.05, 0.1) is 5.69 Å². The van der Waals surface area contributed by atoms with Crippen molar-refractivity contribution in [3.05, 3.63) is 41.6 Å². The monoisotopic (exact) mass is 355 g/mol. The van der Waals surface area contributed by atoms with E-state index in [0.29, 0.717) is 12.5 Å². The Labute approximate surface area is 155 Å². The van der Waals surface area contributed by atoms with Crippen molar-refractivity contribution < 1.29 is 4.79 Å². The summed E-state index contributed by atoms with van der Waals surface area (Å²) < 4.78 is 1.74. The van der Waals surface area contributed by atoms with Gasteiger partial charge >= 0.3 is 6.03 Å². The first-order chi connectivity index (χ1) is 12.3. The Morgan fingerprint density at radius 3 is 2.50 bits per heavy atom. The van der Waals surface area contributed by atoms with E-state index < -0.39 is 0 Å². The minimum Gasteiger partial charge on any atom is -0.368 e. The summed E-state index contributed by atoms with van der Waals surface area (Å²) in [6.45, 7) is 10.8. The molecule has 3 rings (SSSR count). The Balaban J connectivity index is 1.63. The van der Waals surface area contributed by atoms with Gasteiger partial charge in [0.1, 0.15) is 5.82 Å². The molecule has 0 aliphatic carbocycles. The first-order valence-corrected chi connectivity index (χ1v) is 9.28. The molecule has 0 saturated carbocycles. The summed E-state index contributed by atoms with van der Waals surface area (Å²) >= 11 is 0. The Bertz CT molecular complexity index is 765. The highest BCUT2D eigenvalue weighted by atomic mass is 16.2. The zero-order valence-electron chi connectivity index (χ0n) is 16.4. The maximum Gasteiger partial charge on any atom is 0.323 e. The fourth-order valence-corrected chi connectivity index (χ4v) is 3.32. The Hall–Kier alpha value is -2.50. The van der Waals surface area contributed by atoms with Crippen molar-refractivity contribution >= 4 is 17.5 Å². The Kier molecular flexibility index (Phi) is 5.20. The summed E-state index contributed by atoms with van der Waals surface area (Å²) in [5.74, 6) is 1.08. The van der Waals surface area contributed by atoms with Gasteiger partial charge < -0.3 is 9.80 Å². The maximum atomic E-state index is 12.8. The van der Waals surface area contributed by atoms with Crippen molar-refractivity contribution in [1.29, 1.82) is 0 Å². The number of aryl methyl sites for hydroxylation is 2. The number of nitrogens with one attached hydrogen (secondary N) is 1. The highest BCUT2D eigenvalue weighted by Gasteiger charge is 2.28. The van der Waals surface area contributed by atoms with Crippen molar-refractivity contribution in [3.63, 3.8) is 0 Å². The molecule has 0 bridgehead atoms. The molecular formula is C20H29N5O. The number of hydrogen-bond acceptors (Lipinski definition) is 3. The largest absolute Gasteiger partial charge is 0.368 e. The number of carbonyl (C=O) groups excluding carboxylic acids is 1. The van der Waals surface area contributed by atoms with Crippen molar-refractivity contribution in [1.82, 2.24) is 14.7 Å². The van der Waals surface area contributed by atoms with Crippen molar-refractivity contribution in [2.45, 2.75) is 39.7 Å². The van der Waals surface area contributed by atoms with Gasteiger partial charge in [-0.05, 0) is 31.9 Å². The smallest absolute Gasteiger partial charge is 0.323 e. The van der Waals surface area contributed by atoms with Crippen LogP contribution in [0.3, 0.4) is 0 Å². The van der Waals surface area contributed by atoms with Crippen LogP contribution < -0.4 is 10.2 Å². The first kappa shape index (κ1) is 18.3. The van der Waals surface area contributed by atoms with E-state index in [0.717, 1.165) is 24.6 Å². The van der Waals surface area contributed by atoms with Crippen molar-refractivity contribution in [2.24, 2.45) is 7.05 Å². The second kappa shape index (κ2) is 7.40. The summed E-state index contributed by atoms with van der Waals surface area (Å²) in [4.78, 5) is 17.0. The van der Waals surface area contributed by atoms with Crippen molar-refractivity contribution in [3.8, 4) is 0 Å². The molecule has 1 unspecified atom stereocenters. The fourth-order valence-electron chi connectivity index (χ4n) is 3.32. The molecule has 1 aliphatic rings. The molecule has 1 N–H and O–H groups in total.